The second-order valence-electron chi connectivity index (χ2n) is 4.91. The van der Waals surface area contributed by atoms with Gasteiger partial charge < -0.3 is 10.3 Å². The molecule has 1 heterocycles. The van der Waals surface area contributed by atoms with Crippen LogP contribution in [0.3, 0.4) is 0 Å². The van der Waals surface area contributed by atoms with Gasteiger partial charge in [0, 0.05) is 18.0 Å². The Morgan fingerprint density at radius 3 is 2.89 bits per heavy atom. The molecule has 0 saturated heterocycles. The van der Waals surface area contributed by atoms with Crippen LogP contribution in [0.15, 0.2) is 30.6 Å². The lowest BCUT2D eigenvalue weighted by Crippen LogP contribution is -2.23. The zero-order valence-corrected chi connectivity index (χ0v) is 10.8. The Morgan fingerprint density at radius 1 is 1.26 bits per heavy atom. The summed E-state index contributed by atoms with van der Waals surface area (Å²) >= 11 is 0. The highest BCUT2D eigenvalue weighted by Crippen LogP contribution is 2.22. The van der Waals surface area contributed by atoms with Gasteiger partial charge in [0.1, 0.15) is 5.82 Å². The smallest absolute Gasteiger partial charge is 0.251 e. The van der Waals surface area contributed by atoms with Gasteiger partial charge in [0.2, 0.25) is 0 Å². The molecule has 1 aromatic carbocycles. The normalized spacial score (nSPS) is 13.9. The average Bonchev–Trinajstić information content (AvgIpc) is 2.97. The number of nitrogens with zero attached hydrogens (tertiary/aromatic N) is 1. The van der Waals surface area contributed by atoms with E-state index in [9.17, 15) is 4.79 Å². The molecule has 0 unspecified atom stereocenters. The molecule has 0 fully saturated rings. The molecule has 19 heavy (non-hydrogen) atoms. The topological polar surface area (TPSA) is 57.8 Å². The highest BCUT2D eigenvalue weighted by Gasteiger charge is 2.12. The fourth-order valence-corrected chi connectivity index (χ4v) is 2.54. The number of amides is 1. The van der Waals surface area contributed by atoms with Crippen LogP contribution >= 0.6 is 0 Å². The third-order valence-electron chi connectivity index (χ3n) is 3.58. The molecule has 0 radical (unpaired) electrons. The van der Waals surface area contributed by atoms with Crippen molar-refractivity contribution in [2.45, 2.75) is 32.2 Å². The number of imidazole rings is 1. The summed E-state index contributed by atoms with van der Waals surface area (Å²) in [5.41, 5.74) is 3.47. The van der Waals surface area contributed by atoms with Crippen LogP contribution in [0.2, 0.25) is 0 Å². The van der Waals surface area contributed by atoms with E-state index in [-0.39, 0.29) is 5.91 Å². The van der Waals surface area contributed by atoms with Crippen molar-refractivity contribution >= 4 is 5.91 Å². The van der Waals surface area contributed by atoms with Crippen molar-refractivity contribution in [1.82, 2.24) is 15.3 Å². The lowest BCUT2D eigenvalue weighted by molar-refractivity contribution is 0.0950. The molecule has 1 aliphatic rings. The van der Waals surface area contributed by atoms with Crippen LogP contribution < -0.4 is 5.32 Å². The average molecular weight is 255 g/mol. The van der Waals surface area contributed by atoms with Crippen LogP contribution in [0, 0.1) is 0 Å². The summed E-state index contributed by atoms with van der Waals surface area (Å²) in [6.45, 7) is 0.433. The summed E-state index contributed by atoms with van der Waals surface area (Å²) in [6.07, 6.45) is 8.15. The van der Waals surface area contributed by atoms with Gasteiger partial charge in [0.15, 0.2) is 0 Å². The number of hydrogen-bond donors (Lipinski definition) is 2. The van der Waals surface area contributed by atoms with E-state index in [1.165, 1.54) is 24.0 Å². The standard InChI is InChI=1S/C15H17N3O/c19-15(18-10-14-16-7-8-17-14)13-6-5-11-3-1-2-4-12(11)9-13/h5-9H,1-4,10H2,(H,16,17)(H,18,19). The van der Waals surface area contributed by atoms with Gasteiger partial charge in [0.25, 0.3) is 5.91 Å². The van der Waals surface area contributed by atoms with E-state index in [1.807, 2.05) is 12.1 Å². The van der Waals surface area contributed by atoms with E-state index in [4.69, 9.17) is 0 Å². The van der Waals surface area contributed by atoms with Crippen molar-refractivity contribution in [2.24, 2.45) is 0 Å². The van der Waals surface area contributed by atoms with Crippen LogP contribution in [0.5, 0.6) is 0 Å². The summed E-state index contributed by atoms with van der Waals surface area (Å²) in [4.78, 5) is 19.1. The number of H-pyrrole nitrogens is 1. The van der Waals surface area contributed by atoms with Crippen LogP contribution in [-0.2, 0) is 19.4 Å². The number of carbonyl (C=O) groups excluding carboxylic acids is 1. The van der Waals surface area contributed by atoms with Gasteiger partial charge in [-0.2, -0.15) is 0 Å². The summed E-state index contributed by atoms with van der Waals surface area (Å²) < 4.78 is 0. The molecule has 4 nitrogen and oxygen atoms in total. The first-order valence-electron chi connectivity index (χ1n) is 6.71. The summed E-state index contributed by atoms with van der Waals surface area (Å²) in [5.74, 6) is 0.732. The zero-order valence-electron chi connectivity index (χ0n) is 10.8. The number of rotatable bonds is 3. The van der Waals surface area contributed by atoms with Gasteiger partial charge in [0.05, 0.1) is 6.54 Å². The molecule has 2 N–H and O–H groups in total. The molecule has 98 valence electrons. The van der Waals surface area contributed by atoms with Crippen LogP contribution in [0.25, 0.3) is 0 Å². The largest absolute Gasteiger partial charge is 0.347 e. The Labute approximate surface area is 112 Å². The highest BCUT2D eigenvalue weighted by molar-refractivity contribution is 5.94. The van der Waals surface area contributed by atoms with E-state index < -0.39 is 0 Å². The first kappa shape index (κ1) is 12.0. The summed E-state index contributed by atoms with van der Waals surface area (Å²) in [5, 5.41) is 2.88. The number of carbonyl (C=O) groups is 1. The maximum atomic E-state index is 12.1. The lowest BCUT2D eigenvalue weighted by Gasteiger charge is -2.16. The van der Waals surface area contributed by atoms with Crippen molar-refractivity contribution in [3.63, 3.8) is 0 Å². The molecule has 0 saturated carbocycles. The number of aryl methyl sites for hydroxylation is 2. The fourth-order valence-electron chi connectivity index (χ4n) is 2.54. The Bertz CT molecular complexity index is 575. The molecule has 3 rings (SSSR count). The zero-order chi connectivity index (χ0) is 13.1. The van der Waals surface area contributed by atoms with Gasteiger partial charge in [-0.1, -0.05) is 6.07 Å². The van der Waals surface area contributed by atoms with Crippen LogP contribution in [0.1, 0.15) is 40.2 Å². The minimum atomic E-state index is -0.0372. The number of fused-ring (bicyclic) bond motifs is 1. The molecule has 1 amide bonds. The first-order chi connectivity index (χ1) is 9.33. The first-order valence-corrected chi connectivity index (χ1v) is 6.71. The fraction of sp³-hybridized carbons (Fsp3) is 0.333. The van der Waals surface area contributed by atoms with Crippen molar-refractivity contribution in [2.75, 3.05) is 0 Å². The molecule has 2 aromatic rings. The van der Waals surface area contributed by atoms with Crippen molar-refractivity contribution in [1.29, 1.82) is 0 Å². The van der Waals surface area contributed by atoms with E-state index in [2.05, 4.69) is 21.4 Å². The number of aromatic nitrogens is 2. The summed E-state index contributed by atoms with van der Waals surface area (Å²) in [7, 11) is 0. The van der Waals surface area contributed by atoms with Gasteiger partial charge >= 0.3 is 0 Å². The minimum Gasteiger partial charge on any atom is -0.347 e. The van der Waals surface area contributed by atoms with Crippen LogP contribution in [-0.4, -0.2) is 15.9 Å². The molecule has 0 spiro atoms. The summed E-state index contributed by atoms with van der Waals surface area (Å²) in [6, 6.07) is 6.05. The molecular weight excluding hydrogens is 238 g/mol. The molecular formula is C15H17N3O. The maximum Gasteiger partial charge on any atom is 0.251 e. The molecule has 1 aliphatic carbocycles. The SMILES string of the molecule is O=C(NCc1ncc[nH]1)c1ccc2c(c1)CCCC2. The van der Waals surface area contributed by atoms with Gasteiger partial charge in [-0.3, -0.25) is 4.79 Å². The van der Waals surface area contributed by atoms with E-state index in [0.29, 0.717) is 6.54 Å². The number of benzene rings is 1. The molecule has 0 aliphatic heterocycles. The maximum absolute atomic E-state index is 12.1. The Balaban J connectivity index is 1.69. The molecule has 0 bridgehead atoms. The Kier molecular flexibility index (Phi) is 3.31. The third-order valence-corrected chi connectivity index (χ3v) is 3.58. The van der Waals surface area contributed by atoms with Gasteiger partial charge in [-0.25, -0.2) is 4.98 Å². The van der Waals surface area contributed by atoms with Crippen LogP contribution in [0.4, 0.5) is 0 Å². The minimum absolute atomic E-state index is 0.0372. The van der Waals surface area contributed by atoms with E-state index in [1.54, 1.807) is 12.4 Å². The van der Waals surface area contributed by atoms with E-state index >= 15 is 0 Å². The predicted molar refractivity (Wildman–Crippen MR) is 72.8 cm³/mol. The molecule has 1 aromatic heterocycles. The van der Waals surface area contributed by atoms with Crippen molar-refractivity contribution in [3.8, 4) is 0 Å². The Morgan fingerprint density at radius 2 is 2.11 bits per heavy atom. The highest BCUT2D eigenvalue weighted by atomic mass is 16.1. The second kappa shape index (κ2) is 5.26. The van der Waals surface area contributed by atoms with Crippen molar-refractivity contribution in [3.05, 3.63) is 53.1 Å². The number of hydrogen-bond acceptors (Lipinski definition) is 2. The number of nitrogens with one attached hydrogen (secondary N) is 2. The monoisotopic (exact) mass is 255 g/mol. The van der Waals surface area contributed by atoms with Crippen molar-refractivity contribution < 1.29 is 4.79 Å². The second-order valence-corrected chi connectivity index (χ2v) is 4.91. The number of aromatic amines is 1. The quantitative estimate of drug-likeness (QED) is 0.883. The Hall–Kier alpha value is -2.10. The lowest BCUT2D eigenvalue weighted by atomic mass is 9.90. The molecule has 4 heteroatoms. The van der Waals surface area contributed by atoms with Gasteiger partial charge in [-0.05, 0) is 48.9 Å². The van der Waals surface area contributed by atoms with Gasteiger partial charge in [-0.15, -0.1) is 0 Å². The van der Waals surface area contributed by atoms with E-state index in [0.717, 1.165) is 24.2 Å². The predicted octanol–water partition coefficient (Wildman–Crippen LogP) is 2.22. The molecule has 0 atom stereocenters. The third kappa shape index (κ3) is 2.67.